The Kier molecular flexibility index (Phi) is 3.88. The summed E-state index contributed by atoms with van der Waals surface area (Å²) in [4.78, 5) is 22.6. The van der Waals surface area contributed by atoms with Gasteiger partial charge in [0.1, 0.15) is 11.5 Å². The predicted octanol–water partition coefficient (Wildman–Crippen LogP) is 0.869. The number of nitrogens with two attached hydrogens (primary N) is 2. The molecule has 0 fully saturated rings. The monoisotopic (exact) mass is 292 g/mol. The minimum Gasteiger partial charge on any atom is -0.461 e. The van der Waals surface area contributed by atoms with Gasteiger partial charge in [-0.2, -0.15) is 5.10 Å². The Bertz CT molecular complexity index is 711. The Balaban J connectivity index is 2.41. The number of nitrogens with zero attached hydrogens (tertiary/aromatic N) is 2. The van der Waals surface area contributed by atoms with Crippen LogP contribution in [0.1, 0.15) is 27.8 Å². The molecule has 4 N–H and O–H groups in total. The molecule has 0 aliphatic rings. The smallest absolute Gasteiger partial charge is 0.361 e. The molecule has 0 spiro atoms. The zero-order valence-electron chi connectivity index (χ0n) is 11.2. The van der Waals surface area contributed by atoms with Gasteiger partial charge in [-0.15, -0.1) is 0 Å². The Labute approximate surface area is 119 Å². The molecule has 0 saturated carbocycles. The number of nitrogen functional groups attached to an aromatic ring is 1. The molecule has 110 valence electrons. The molecule has 8 heteroatoms. The van der Waals surface area contributed by atoms with Gasteiger partial charge in [-0.1, -0.05) is 0 Å². The molecule has 1 amide bonds. The first-order valence-electron chi connectivity index (χ1n) is 6.06. The number of hydrogen-bond donors (Lipinski definition) is 2. The summed E-state index contributed by atoms with van der Waals surface area (Å²) < 4.78 is 19.8. The van der Waals surface area contributed by atoms with Crippen LogP contribution in [0.4, 0.5) is 10.1 Å². The molecule has 0 aliphatic carbocycles. The van der Waals surface area contributed by atoms with E-state index in [1.165, 1.54) is 18.3 Å². The molecule has 21 heavy (non-hydrogen) atoms. The van der Waals surface area contributed by atoms with Gasteiger partial charge < -0.3 is 16.2 Å². The number of ether oxygens (including phenoxy) is 1. The van der Waals surface area contributed by atoms with Crippen LogP contribution in [-0.4, -0.2) is 28.3 Å². The number of halogens is 1. The first-order chi connectivity index (χ1) is 9.93. The lowest BCUT2D eigenvalue weighted by atomic mass is 10.2. The van der Waals surface area contributed by atoms with Gasteiger partial charge in [-0.05, 0) is 25.1 Å². The summed E-state index contributed by atoms with van der Waals surface area (Å²) in [7, 11) is 0. The lowest BCUT2D eigenvalue weighted by molar-refractivity contribution is 0.0520. The van der Waals surface area contributed by atoms with E-state index in [4.69, 9.17) is 16.2 Å². The van der Waals surface area contributed by atoms with Gasteiger partial charge in [-0.25, -0.2) is 13.9 Å². The van der Waals surface area contributed by atoms with Crippen LogP contribution >= 0.6 is 0 Å². The average molecular weight is 292 g/mol. The number of aromatic nitrogens is 2. The molecule has 0 bridgehead atoms. The fraction of sp³-hybridized carbons (Fsp3) is 0.154. The number of carbonyl (C=O) groups is 2. The average Bonchev–Trinajstić information content (AvgIpc) is 2.80. The quantitative estimate of drug-likeness (QED) is 0.812. The molecule has 7 nitrogen and oxygen atoms in total. The molecule has 0 aliphatic heterocycles. The Morgan fingerprint density at radius 2 is 2.14 bits per heavy atom. The summed E-state index contributed by atoms with van der Waals surface area (Å²) in [6.07, 6.45) is 1.29. The third-order valence-corrected chi connectivity index (χ3v) is 2.69. The fourth-order valence-corrected chi connectivity index (χ4v) is 1.71. The summed E-state index contributed by atoms with van der Waals surface area (Å²) in [5.41, 5.74) is 10.7. The molecule has 1 aromatic carbocycles. The van der Waals surface area contributed by atoms with E-state index < -0.39 is 17.7 Å². The zero-order chi connectivity index (χ0) is 15.6. The van der Waals surface area contributed by atoms with E-state index in [1.54, 1.807) is 6.92 Å². The third kappa shape index (κ3) is 2.83. The lowest BCUT2D eigenvalue weighted by Gasteiger charge is -2.04. The maximum Gasteiger partial charge on any atom is 0.361 e. The topological polar surface area (TPSA) is 113 Å². The van der Waals surface area contributed by atoms with E-state index in [9.17, 15) is 14.0 Å². The van der Waals surface area contributed by atoms with Crippen molar-refractivity contribution in [3.8, 4) is 5.69 Å². The van der Waals surface area contributed by atoms with E-state index in [0.29, 0.717) is 0 Å². The van der Waals surface area contributed by atoms with Crippen LogP contribution in [0.2, 0.25) is 0 Å². The summed E-state index contributed by atoms with van der Waals surface area (Å²) >= 11 is 0. The number of esters is 1. The van der Waals surface area contributed by atoms with Gasteiger partial charge in [0, 0.05) is 5.56 Å². The first kappa shape index (κ1) is 14.5. The molecule has 1 aromatic heterocycles. The Morgan fingerprint density at radius 1 is 1.43 bits per heavy atom. The van der Waals surface area contributed by atoms with Crippen molar-refractivity contribution in [2.24, 2.45) is 5.73 Å². The number of hydrogen-bond acceptors (Lipinski definition) is 5. The largest absolute Gasteiger partial charge is 0.461 e. The van der Waals surface area contributed by atoms with Crippen LogP contribution < -0.4 is 11.5 Å². The van der Waals surface area contributed by atoms with Crippen LogP contribution in [-0.2, 0) is 4.74 Å². The SMILES string of the molecule is CCOC(=O)c1nn(-c2ccc(C(N)=O)cc2F)cc1N. The second kappa shape index (κ2) is 5.61. The van der Waals surface area contributed by atoms with Crippen molar-refractivity contribution in [1.82, 2.24) is 9.78 Å². The standard InChI is InChI=1S/C13H13FN4O3/c1-2-21-13(20)11-9(15)6-18(17-11)10-4-3-7(12(16)19)5-8(10)14/h3-6H,2,15H2,1H3,(H2,16,19). The summed E-state index contributed by atoms with van der Waals surface area (Å²) in [5.74, 6) is -2.15. The highest BCUT2D eigenvalue weighted by Crippen LogP contribution is 2.18. The number of anilines is 1. The highest BCUT2D eigenvalue weighted by molar-refractivity contribution is 5.93. The number of primary amides is 1. The molecule has 0 atom stereocenters. The van der Waals surface area contributed by atoms with Crippen molar-refractivity contribution in [2.45, 2.75) is 6.92 Å². The summed E-state index contributed by atoms with van der Waals surface area (Å²) in [6.45, 7) is 1.82. The van der Waals surface area contributed by atoms with Crippen molar-refractivity contribution in [2.75, 3.05) is 12.3 Å². The third-order valence-electron chi connectivity index (χ3n) is 2.69. The van der Waals surface area contributed by atoms with E-state index >= 15 is 0 Å². The lowest BCUT2D eigenvalue weighted by Crippen LogP contribution is -2.12. The summed E-state index contributed by atoms with van der Waals surface area (Å²) in [6, 6.07) is 3.65. The number of carbonyl (C=O) groups excluding carboxylic acids is 2. The van der Waals surface area contributed by atoms with Gasteiger partial charge in [0.15, 0.2) is 5.69 Å². The van der Waals surface area contributed by atoms with E-state index in [0.717, 1.165) is 10.7 Å². The minimum atomic E-state index is -0.743. The number of benzene rings is 1. The summed E-state index contributed by atoms with van der Waals surface area (Å²) in [5, 5.41) is 3.89. The minimum absolute atomic E-state index is 0.0296. The van der Waals surface area contributed by atoms with Crippen LogP contribution in [0, 0.1) is 5.82 Å². The van der Waals surface area contributed by atoms with Crippen LogP contribution in [0.15, 0.2) is 24.4 Å². The van der Waals surface area contributed by atoms with E-state index in [2.05, 4.69) is 5.10 Å². The van der Waals surface area contributed by atoms with Gasteiger partial charge in [0.25, 0.3) is 0 Å². The molecule has 1 heterocycles. The zero-order valence-corrected chi connectivity index (χ0v) is 11.2. The predicted molar refractivity (Wildman–Crippen MR) is 72.4 cm³/mol. The second-order valence-corrected chi connectivity index (χ2v) is 4.13. The highest BCUT2D eigenvalue weighted by Gasteiger charge is 2.18. The van der Waals surface area contributed by atoms with Crippen molar-refractivity contribution < 1.29 is 18.7 Å². The van der Waals surface area contributed by atoms with Gasteiger partial charge >= 0.3 is 5.97 Å². The molecule has 0 radical (unpaired) electrons. The maximum atomic E-state index is 14.0. The van der Waals surface area contributed by atoms with Crippen LogP contribution in [0.3, 0.4) is 0 Å². The fourth-order valence-electron chi connectivity index (χ4n) is 1.71. The van der Waals surface area contributed by atoms with Gasteiger partial charge in [0.2, 0.25) is 5.91 Å². The second-order valence-electron chi connectivity index (χ2n) is 4.13. The maximum absolute atomic E-state index is 14.0. The normalized spacial score (nSPS) is 10.4. The van der Waals surface area contributed by atoms with E-state index in [1.807, 2.05) is 0 Å². The molecular weight excluding hydrogens is 279 g/mol. The van der Waals surface area contributed by atoms with Gasteiger partial charge in [-0.3, -0.25) is 4.79 Å². The van der Waals surface area contributed by atoms with Crippen molar-refractivity contribution >= 4 is 17.6 Å². The first-order valence-corrected chi connectivity index (χ1v) is 6.06. The van der Waals surface area contributed by atoms with Gasteiger partial charge in [0.05, 0.1) is 18.5 Å². The van der Waals surface area contributed by atoms with Crippen molar-refractivity contribution in [3.05, 3.63) is 41.5 Å². The van der Waals surface area contributed by atoms with Crippen LogP contribution in [0.25, 0.3) is 5.69 Å². The molecule has 2 rings (SSSR count). The van der Waals surface area contributed by atoms with Crippen LogP contribution in [0.5, 0.6) is 0 Å². The van der Waals surface area contributed by atoms with E-state index in [-0.39, 0.29) is 29.2 Å². The molecule has 2 aromatic rings. The molecule has 0 saturated heterocycles. The number of rotatable bonds is 4. The molecular formula is C13H13FN4O3. The van der Waals surface area contributed by atoms with Crippen molar-refractivity contribution in [1.29, 1.82) is 0 Å². The Hall–Kier alpha value is -2.90. The van der Waals surface area contributed by atoms with Crippen molar-refractivity contribution in [3.63, 3.8) is 0 Å². The Morgan fingerprint density at radius 3 is 2.71 bits per heavy atom. The number of amides is 1. The highest BCUT2D eigenvalue weighted by atomic mass is 19.1. The molecule has 0 unspecified atom stereocenters.